The van der Waals surface area contributed by atoms with Crippen LogP contribution in [0.3, 0.4) is 0 Å². The molecule has 84 valence electrons. The molecular weight excluding hydrogens is 233 g/mol. The maximum absolute atomic E-state index is 13.4. The van der Waals surface area contributed by atoms with Crippen LogP contribution in [0.25, 0.3) is 11.4 Å². The smallest absolute Gasteiger partial charge is 0.223 e. The van der Waals surface area contributed by atoms with Gasteiger partial charge in [-0.2, -0.15) is 0 Å². The zero-order chi connectivity index (χ0) is 11.7. The summed E-state index contributed by atoms with van der Waals surface area (Å²) in [4.78, 5) is 7.31. The highest BCUT2D eigenvalue weighted by molar-refractivity contribution is 6.28. The third-order valence-corrected chi connectivity index (χ3v) is 2.18. The van der Waals surface area contributed by atoms with Crippen LogP contribution in [-0.2, 0) is 0 Å². The Morgan fingerprint density at radius 2 is 2.19 bits per heavy atom. The van der Waals surface area contributed by atoms with Crippen LogP contribution in [0, 0.1) is 5.82 Å². The summed E-state index contributed by atoms with van der Waals surface area (Å²) in [5, 5.41) is 7.67. The molecule has 5 nitrogen and oxygen atoms in total. The molecule has 16 heavy (non-hydrogen) atoms. The van der Waals surface area contributed by atoms with Crippen molar-refractivity contribution in [2.75, 3.05) is 0 Å². The summed E-state index contributed by atoms with van der Waals surface area (Å²) in [6.07, 6.45) is 2.63. The number of nitrogens with zero attached hydrogens (tertiary/aromatic N) is 5. The molecular formula is C9H9ClFN5. The minimum atomic E-state index is -0.569. The Hall–Kier alpha value is -1.56. The maximum atomic E-state index is 13.4. The molecule has 0 aromatic carbocycles. The van der Waals surface area contributed by atoms with E-state index in [1.165, 1.54) is 0 Å². The predicted octanol–water partition coefficient (Wildman–Crippen LogP) is 2.11. The first-order valence-corrected chi connectivity index (χ1v) is 5.06. The van der Waals surface area contributed by atoms with Crippen molar-refractivity contribution in [2.45, 2.75) is 19.9 Å². The summed E-state index contributed by atoms with van der Waals surface area (Å²) in [6, 6.07) is 0.154. The fourth-order valence-corrected chi connectivity index (χ4v) is 1.30. The van der Waals surface area contributed by atoms with Crippen molar-refractivity contribution in [3.63, 3.8) is 0 Å². The van der Waals surface area contributed by atoms with E-state index in [2.05, 4.69) is 20.3 Å². The minimum absolute atomic E-state index is 0.0181. The van der Waals surface area contributed by atoms with Crippen molar-refractivity contribution in [3.8, 4) is 11.4 Å². The Morgan fingerprint density at radius 3 is 2.81 bits per heavy atom. The second kappa shape index (κ2) is 4.13. The second-order valence-electron chi connectivity index (χ2n) is 3.51. The fourth-order valence-electron chi connectivity index (χ4n) is 1.16. The van der Waals surface area contributed by atoms with Crippen LogP contribution in [0.15, 0.2) is 12.4 Å². The molecule has 2 aromatic heterocycles. The molecule has 0 spiro atoms. The standard InChI is InChI=1S/C9H9ClFN5/c1-5(2)16-4-7(14-15-16)8-6(11)3-12-9(10)13-8/h3-5H,1-2H3. The first-order chi connectivity index (χ1) is 7.58. The Bertz CT molecular complexity index is 510. The van der Waals surface area contributed by atoms with Gasteiger partial charge in [0.05, 0.1) is 12.4 Å². The van der Waals surface area contributed by atoms with Gasteiger partial charge in [0.25, 0.3) is 0 Å². The SMILES string of the molecule is CC(C)n1cc(-c2nc(Cl)ncc2F)nn1. The van der Waals surface area contributed by atoms with Gasteiger partial charge in [0.2, 0.25) is 5.28 Å². The second-order valence-corrected chi connectivity index (χ2v) is 3.85. The Balaban J connectivity index is 2.46. The summed E-state index contributed by atoms with van der Waals surface area (Å²) in [7, 11) is 0. The Kier molecular flexibility index (Phi) is 2.82. The van der Waals surface area contributed by atoms with Gasteiger partial charge in [-0.1, -0.05) is 5.21 Å². The van der Waals surface area contributed by atoms with Crippen LogP contribution in [0.2, 0.25) is 5.28 Å². The molecule has 0 aliphatic carbocycles. The van der Waals surface area contributed by atoms with E-state index < -0.39 is 5.82 Å². The van der Waals surface area contributed by atoms with Crippen molar-refractivity contribution >= 4 is 11.6 Å². The van der Waals surface area contributed by atoms with Gasteiger partial charge in [0, 0.05) is 6.04 Å². The average Bonchev–Trinajstić information content (AvgIpc) is 2.70. The van der Waals surface area contributed by atoms with Gasteiger partial charge in [0.15, 0.2) is 5.82 Å². The van der Waals surface area contributed by atoms with E-state index in [0.717, 1.165) is 6.20 Å². The van der Waals surface area contributed by atoms with Crippen LogP contribution < -0.4 is 0 Å². The lowest BCUT2D eigenvalue weighted by Gasteiger charge is -2.01. The largest absolute Gasteiger partial charge is 0.249 e. The van der Waals surface area contributed by atoms with Crippen molar-refractivity contribution in [3.05, 3.63) is 23.5 Å². The van der Waals surface area contributed by atoms with Crippen molar-refractivity contribution in [2.24, 2.45) is 0 Å². The van der Waals surface area contributed by atoms with Crippen molar-refractivity contribution in [1.82, 2.24) is 25.0 Å². The van der Waals surface area contributed by atoms with Crippen LogP contribution >= 0.6 is 11.6 Å². The van der Waals surface area contributed by atoms with E-state index in [4.69, 9.17) is 11.6 Å². The fraction of sp³-hybridized carbons (Fsp3) is 0.333. The quantitative estimate of drug-likeness (QED) is 0.756. The van der Waals surface area contributed by atoms with E-state index >= 15 is 0 Å². The normalized spacial score (nSPS) is 11.1. The Labute approximate surface area is 96.3 Å². The molecule has 0 fully saturated rings. The van der Waals surface area contributed by atoms with E-state index in [1.807, 2.05) is 13.8 Å². The van der Waals surface area contributed by atoms with Crippen LogP contribution in [-0.4, -0.2) is 25.0 Å². The zero-order valence-electron chi connectivity index (χ0n) is 8.72. The number of rotatable bonds is 2. The lowest BCUT2D eigenvalue weighted by molar-refractivity contribution is 0.514. The molecule has 2 aromatic rings. The predicted molar refractivity (Wildman–Crippen MR) is 56.4 cm³/mol. The lowest BCUT2D eigenvalue weighted by atomic mass is 10.3. The van der Waals surface area contributed by atoms with E-state index in [0.29, 0.717) is 5.69 Å². The molecule has 0 saturated carbocycles. The van der Waals surface area contributed by atoms with Crippen LogP contribution in [0.1, 0.15) is 19.9 Å². The molecule has 0 aliphatic heterocycles. The van der Waals surface area contributed by atoms with Crippen molar-refractivity contribution in [1.29, 1.82) is 0 Å². The molecule has 0 N–H and O–H groups in total. The van der Waals surface area contributed by atoms with E-state index in [-0.39, 0.29) is 17.0 Å². The first kappa shape index (κ1) is 10.9. The number of halogens is 2. The minimum Gasteiger partial charge on any atom is -0.249 e. The van der Waals surface area contributed by atoms with Gasteiger partial charge in [-0.15, -0.1) is 5.10 Å². The van der Waals surface area contributed by atoms with Gasteiger partial charge in [-0.05, 0) is 25.4 Å². The van der Waals surface area contributed by atoms with Gasteiger partial charge in [0.1, 0.15) is 11.4 Å². The molecule has 2 heterocycles. The van der Waals surface area contributed by atoms with E-state index in [9.17, 15) is 4.39 Å². The van der Waals surface area contributed by atoms with Gasteiger partial charge in [-0.3, -0.25) is 0 Å². The third kappa shape index (κ3) is 2.01. The van der Waals surface area contributed by atoms with E-state index in [1.54, 1.807) is 10.9 Å². The van der Waals surface area contributed by atoms with Gasteiger partial charge < -0.3 is 0 Å². The number of hydrogen-bond donors (Lipinski definition) is 0. The monoisotopic (exact) mass is 241 g/mol. The molecule has 0 amide bonds. The van der Waals surface area contributed by atoms with Gasteiger partial charge in [-0.25, -0.2) is 19.0 Å². The highest BCUT2D eigenvalue weighted by Crippen LogP contribution is 2.19. The summed E-state index contributed by atoms with van der Waals surface area (Å²) < 4.78 is 15.0. The van der Waals surface area contributed by atoms with Crippen LogP contribution in [0.5, 0.6) is 0 Å². The molecule has 0 bridgehead atoms. The molecule has 2 rings (SSSR count). The van der Waals surface area contributed by atoms with Crippen LogP contribution in [0.4, 0.5) is 4.39 Å². The van der Waals surface area contributed by atoms with Crippen molar-refractivity contribution < 1.29 is 4.39 Å². The molecule has 7 heteroatoms. The summed E-state index contributed by atoms with van der Waals surface area (Å²) in [5.41, 5.74) is 0.405. The highest BCUT2D eigenvalue weighted by Gasteiger charge is 2.13. The average molecular weight is 242 g/mol. The zero-order valence-corrected chi connectivity index (χ0v) is 9.48. The lowest BCUT2D eigenvalue weighted by Crippen LogP contribution is -2.00. The third-order valence-electron chi connectivity index (χ3n) is 2.00. The summed E-state index contributed by atoms with van der Waals surface area (Å²) in [5.74, 6) is -0.569. The summed E-state index contributed by atoms with van der Waals surface area (Å²) in [6.45, 7) is 3.89. The molecule has 0 unspecified atom stereocenters. The highest BCUT2D eigenvalue weighted by atomic mass is 35.5. The molecule has 0 aliphatic rings. The van der Waals surface area contributed by atoms with Gasteiger partial charge >= 0.3 is 0 Å². The Morgan fingerprint density at radius 1 is 1.44 bits per heavy atom. The summed E-state index contributed by atoms with van der Waals surface area (Å²) >= 11 is 5.59. The maximum Gasteiger partial charge on any atom is 0.223 e. The molecule has 0 radical (unpaired) electrons. The topological polar surface area (TPSA) is 56.5 Å². The first-order valence-electron chi connectivity index (χ1n) is 4.68. The molecule has 0 atom stereocenters. The number of hydrogen-bond acceptors (Lipinski definition) is 4. The molecule has 0 saturated heterocycles. The number of aromatic nitrogens is 5.